The van der Waals surface area contributed by atoms with Gasteiger partial charge in [-0.05, 0) is 73.4 Å². The molecule has 0 spiro atoms. The van der Waals surface area contributed by atoms with Gasteiger partial charge in [-0.3, -0.25) is 0 Å². The van der Waals surface area contributed by atoms with Crippen molar-refractivity contribution >= 4 is 0 Å². The minimum atomic E-state index is 0.0977. The van der Waals surface area contributed by atoms with Crippen LogP contribution in [0.1, 0.15) is 60.2 Å². The van der Waals surface area contributed by atoms with Gasteiger partial charge in [0.2, 0.25) is 0 Å². The first-order chi connectivity index (χ1) is 7.59. The maximum Gasteiger partial charge on any atom is 0.0349 e. The molecule has 0 aliphatic carbocycles. The summed E-state index contributed by atoms with van der Waals surface area (Å²) in [5.41, 5.74) is 14.8. The first kappa shape index (κ1) is 14.2. The first-order valence-corrected chi connectivity index (χ1v) is 6.41. The van der Waals surface area contributed by atoms with Crippen molar-refractivity contribution < 1.29 is 0 Å². The Labute approximate surface area is 106 Å². The molecular formula is C16H27N. The molecule has 1 aromatic carbocycles. The molecule has 1 aromatic rings. The molecule has 1 heteroatoms. The molecule has 0 unspecified atom stereocenters. The van der Waals surface area contributed by atoms with E-state index in [-0.39, 0.29) is 11.5 Å². The van der Waals surface area contributed by atoms with Crippen molar-refractivity contribution in [3.63, 3.8) is 0 Å². The zero-order valence-corrected chi connectivity index (χ0v) is 12.7. The fraction of sp³-hybridized carbons (Fsp3) is 0.625. The molecule has 0 amide bonds. The zero-order chi connectivity index (χ0) is 13.5. The van der Waals surface area contributed by atoms with Gasteiger partial charge in [-0.15, -0.1) is 0 Å². The topological polar surface area (TPSA) is 26.0 Å². The monoisotopic (exact) mass is 233 g/mol. The van der Waals surface area contributed by atoms with E-state index in [1.165, 1.54) is 33.4 Å². The lowest BCUT2D eigenvalue weighted by Crippen LogP contribution is -2.28. The summed E-state index contributed by atoms with van der Waals surface area (Å²) in [5.74, 6) is 0. The number of rotatable bonds is 1. The van der Waals surface area contributed by atoms with Crippen LogP contribution in [0.25, 0.3) is 0 Å². The van der Waals surface area contributed by atoms with Crippen LogP contribution in [0.4, 0.5) is 0 Å². The molecule has 17 heavy (non-hydrogen) atoms. The molecule has 0 heterocycles. The second-order valence-corrected chi connectivity index (χ2v) is 6.38. The maximum absolute atomic E-state index is 6.46. The Morgan fingerprint density at radius 1 is 0.706 bits per heavy atom. The van der Waals surface area contributed by atoms with Crippen molar-refractivity contribution in [3.8, 4) is 0 Å². The van der Waals surface area contributed by atoms with Gasteiger partial charge in [0.05, 0.1) is 0 Å². The van der Waals surface area contributed by atoms with Crippen LogP contribution in [-0.2, 0) is 0 Å². The second kappa shape index (κ2) is 4.45. The molecule has 96 valence electrons. The second-order valence-electron chi connectivity index (χ2n) is 6.38. The van der Waals surface area contributed by atoms with Gasteiger partial charge in [0.15, 0.2) is 0 Å². The fourth-order valence-electron chi connectivity index (χ4n) is 2.43. The number of hydrogen-bond acceptors (Lipinski definition) is 1. The van der Waals surface area contributed by atoms with Gasteiger partial charge in [0, 0.05) is 6.04 Å². The summed E-state index contributed by atoms with van der Waals surface area (Å²) in [6.45, 7) is 17.7. The molecule has 0 aliphatic rings. The normalized spacial score (nSPS) is 13.9. The lowest BCUT2D eigenvalue weighted by atomic mass is 9.77. The number of hydrogen-bond donors (Lipinski definition) is 1. The van der Waals surface area contributed by atoms with Crippen LogP contribution in [0.2, 0.25) is 0 Å². The Hall–Kier alpha value is -0.820. The van der Waals surface area contributed by atoms with E-state index in [9.17, 15) is 0 Å². The first-order valence-electron chi connectivity index (χ1n) is 6.41. The van der Waals surface area contributed by atoms with E-state index >= 15 is 0 Å². The maximum atomic E-state index is 6.46. The predicted octanol–water partition coefficient (Wildman–Crippen LogP) is 4.27. The molecule has 0 fully saturated rings. The SMILES string of the molecule is Cc1c(C)c(C)c([C@@H](N)C(C)(C)C)c(C)c1C. The number of nitrogens with two attached hydrogens (primary N) is 1. The molecule has 1 nitrogen and oxygen atoms in total. The molecule has 1 rings (SSSR count). The minimum absolute atomic E-state index is 0.0977. The van der Waals surface area contributed by atoms with E-state index < -0.39 is 0 Å². The van der Waals surface area contributed by atoms with Gasteiger partial charge >= 0.3 is 0 Å². The van der Waals surface area contributed by atoms with Gasteiger partial charge < -0.3 is 5.73 Å². The molecular weight excluding hydrogens is 206 g/mol. The van der Waals surface area contributed by atoms with Crippen LogP contribution in [0.5, 0.6) is 0 Å². The molecule has 0 saturated heterocycles. The van der Waals surface area contributed by atoms with Crippen LogP contribution in [0, 0.1) is 40.0 Å². The Balaban J connectivity index is 3.55. The third-order valence-corrected chi connectivity index (χ3v) is 4.30. The standard InChI is InChI=1S/C16H27N/c1-9-10(2)12(4)14(13(5)11(9)3)15(17)16(6,7)8/h15H,17H2,1-8H3/t15-/m1/s1. The molecule has 0 aromatic heterocycles. The van der Waals surface area contributed by atoms with E-state index in [0.29, 0.717) is 0 Å². The quantitative estimate of drug-likeness (QED) is 0.770. The van der Waals surface area contributed by atoms with Crippen LogP contribution >= 0.6 is 0 Å². The highest BCUT2D eigenvalue weighted by Crippen LogP contribution is 2.37. The highest BCUT2D eigenvalue weighted by Gasteiger charge is 2.26. The predicted molar refractivity (Wildman–Crippen MR) is 76.5 cm³/mol. The molecule has 0 radical (unpaired) electrons. The minimum Gasteiger partial charge on any atom is -0.323 e. The van der Waals surface area contributed by atoms with Crippen molar-refractivity contribution in [3.05, 3.63) is 33.4 Å². The van der Waals surface area contributed by atoms with Crippen molar-refractivity contribution in [1.82, 2.24) is 0 Å². The smallest absolute Gasteiger partial charge is 0.0349 e. The summed E-state index contributed by atoms with van der Waals surface area (Å²) in [6.07, 6.45) is 0. The van der Waals surface area contributed by atoms with E-state index in [2.05, 4.69) is 55.4 Å². The highest BCUT2D eigenvalue weighted by molar-refractivity contribution is 5.51. The summed E-state index contributed by atoms with van der Waals surface area (Å²) in [5, 5.41) is 0. The molecule has 1 atom stereocenters. The van der Waals surface area contributed by atoms with E-state index in [1.807, 2.05) is 0 Å². The molecule has 0 saturated carbocycles. The van der Waals surface area contributed by atoms with E-state index in [1.54, 1.807) is 0 Å². The third-order valence-electron chi connectivity index (χ3n) is 4.30. The molecule has 0 aliphatic heterocycles. The lowest BCUT2D eigenvalue weighted by molar-refractivity contribution is 0.325. The fourth-order valence-corrected chi connectivity index (χ4v) is 2.43. The van der Waals surface area contributed by atoms with Crippen molar-refractivity contribution in [1.29, 1.82) is 0 Å². The summed E-state index contributed by atoms with van der Waals surface area (Å²) >= 11 is 0. The Kier molecular flexibility index (Phi) is 3.73. The average Bonchev–Trinajstić information content (AvgIpc) is 2.22. The van der Waals surface area contributed by atoms with E-state index in [4.69, 9.17) is 5.73 Å². The van der Waals surface area contributed by atoms with Gasteiger partial charge in [-0.25, -0.2) is 0 Å². The third kappa shape index (κ3) is 2.40. The van der Waals surface area contributed by atoms with Crippen LogP contribution in [-0.4, -0.2) is 0 Å². The average molecular weight is 233 g/mol. The Morgan fingerprint density at radius 2 is 1.00 bits per heavy atom. The summed E-state index contributed by atoms with van der Waals surface area (Å²) in [7, 11) is 0. The Morgan fingerprint density at radius 3 is 1.29 bits per heavy atom. The van der Waals surface area contributed by atoms with Crippen LogP contribution in [0.15, 0.2) is 0 Å². The van der Waals surface area contributed by atoms with Gasteiger partial charge in [0.1, 0.15) is 0 Å². The number of benzene rings is 1. The van der Waals surface area contributed by atoms with Crippen molar-refractivity contribution in [2.45, 2.75) is 61.4 Å². The molecule has 0 bridgehead atoms. The van der Waals surface area contributed by atoms with Gasteiger partial charge in [-0.2, -0.15) is 0 Å². The van der Waals surface area contributed by atoms with Crippen molar-refractivity contribution in [2.24, 2.45) is 11.1 Å². The van der Waals surface area contributed by atoms with Crippen LogP contribution < -0.4 is 5.73 Å². The summed E-state index contributed by atoms with van der Waals surface area (Å²) < 4.78 is 0. The van der Waals surface area contributed by atoms with Crippen molar-refractivity contribution in [2.75, 3.05) is 0 Å². The zero-order valence-electron chi connectivity index (χ0n) is 12.7. The largest absolute Gasteiger partial charge is 0.323 e. The lowest BCUT2D eigenvalue weighted by Gasteiger charge is -2.32. The molecule has 2 N–H and O–H groups in total. The highest BCUT2D eigenvalue weighted by atomic mass is 14.7. The van der Waals surface area contributed by atoms with E-state index in [0.717, 1.165) is 0 Å². The van der Waals surface area contributed by atoms with Crippen LogP contribution in [0.3, 0.4) is 0 Å². The Bertz CT molecular complexity index is 407. The summed E-state index contributed by atoms with van der Waals surface area (Å²) in [4.78, 5) is 0. The van der Waals surface area contributed by atoms with Gasteiger partial charge in [-0.1, -0.05) is 20.8 Å². The summed E-state index contributed by atoms with van der Waals surface area (Å²) in [6, 6.07) is 0.0977. The van der Waals surface area contributed by atoms with Gasteiger partial charge in [0.25, 0.3) is 0 Å².